The summed E-state index contributed by atoms with van der Waals surface area (Å²) in [7, 11) is 1.65. The zero-order chi connectivity index (χ0) is 12.3. The van der Waals surface area contributed by atoms with E-state index < -0.39 is 0 Å². The van der Waals surface area contributed by atoms with Crippen LogP contribution in [0.15, 0.2) is 24.4 Å². The fourth-order valence-electron chi connectivity index (χ4n) is 1.80. The van der Waals surface area contributed by atoms with Gasteiger partial charge in [-0.1, -0.05) is 0 Å². The standard InChI is InChI=1S/C13H15NO3/c1-9(15)17-6-5-10-8-14-13-4-3-11(16-2)7-12(10)13/h3-4,7-8,14H,5-6H2,1-2H3. The lowest BCUT2D eigenvalue weighted by Gasteiger charge is -2.02. The van der Waals surface area contributed by atoms with Crippen molar-refractivity contribution in [1.82, 2.24) is 4.98 Å². The monoisotopic (exact) mass is 233 g/mol. The molecule has 4 heteroatoms. The van der Waals surface area contributed by atoms with E-state index in [2.05, 4.69) is 4.98 Å². The predicted octanol–water partition coefficient (Wildman–Crippen LogP) is 2.28. The number of carbonyl (C=O) groups is 1. The van der Waals surface area contributed by atoms with Crippen LogP contribution in [0.3, 0.4) is 0 Å². The third kappa shape index (κ3) is 2.58. The van der Waals surface area contributed by atoms with E-state index in [4.69, 9.17) is 9.47 Å². The van der Waals surface area contributed by atoms with Gasteiger partial charge in [-0.2, -0.15) is 0 Å². The molecule has 1 aromatic heterocycles. The van der Waals surface area contributed by atoms with Gasteiger partial charge in [-0.05, 0) is 23.8 Å². The summed E-state index contributed by atoms with van der Waals surface area (Å²) >= 11 is 0. The molecule has 4 nitrogen and oxygen atoms in total. The van der Waals surface area contributed by atoms with Crippen LogP contribution in [-0.4, -0.2) is 24.7 Å². The summed E-state index contributed by atoms with van der Waals surface area (Å²) in [6, 6.07) is 5.87. The SMILES string of the molecule is COc1ccc2[nH]cc(CCOC(C)=O)c2c1. The van der Waals surface area contributed by atoms with E-state index in [0.717, 1.165) is 22.2 Å². The zero-order valence-corrected chi connectivity index (χ0v) is 9.95. The van der Waals surface area contributed by atoms with E-state index in [1.807, 2.05) is 24.4 Å². The van der Waals surface area contributed by atoms with Gasteiger partial charge in [-0.15, -0.1) is 0 Å². The Morgan fingerprint density at radius 1 is 1.41 bits per heavy atom. The second-order valence-corrected chi connectivity index (χ2v) is 3.82. The quantitative estimate of drug-likeness (QED) is 0.824. The van der Waals surface area contributed by atoms with Crippen molar-refractivity contribution in [3.63, 3.8) is 0 Å². The first-order valence-electron chi connectivity index (χ1n) is 5.48. The van der Waals surface area contributed by atoms with Crippen LogP contribution in [0.25, 0.3) is 10.9 Å². The van der Waals surface area contributed by atoms with E-state index in [-0.39, 0.29) is 5.97 Å². The topological polar surface area (TPSA) is 51.3 Å². The van der Waals surface area contributed by atoms with Crippen LogP contribution < -0.4 is 4.74 Å². The highest BCUT2D eigenvalue weighted by molar-refractivity contribution is 5.84. The molecule has 0 aliphatic rings. The maximum absolute atomic E-state index is 10.7. The molecular weight excluding hydrogens is 218 g/mol. The van der Waals surface area contributed by atoms with Crippen molar-refractivity contribution in [1.29, 1.82) is 0 Å². The van der Waals surface area contributed by atoms with Crippen molar-refractivity contribution in [2.24, 2.45) is 0 Å². The molecule has 0 unspecified atom stereocenters. The number of esters is 1. The van der Waals surface area contributed by atoms with Crippen molar-refractivity contribution in [3.05, 3.63) is 30.0 Å². The average Bonchev–Trinajstić information content (AvgIpc) is 2.71. The zero-order valence-electron chi connectivity index (χ0n) is 9.95. The van der Waals surface area contributed by atoms with Crippen LogP contribution >= 0.6 is 0 Å². The normalized spacial score (nSPS) is 10.5. The van der Waals surface area contributed by atoms with Crippen molar-refractivity contribution in [3.8, 4) is 5.75 Å². The van der Waals surface area contributed by atoms with Gasteiger partial charge in [0.25, 0.3) is 0 Å². The van der Waals surface area contributed by atoms with Crippen LogP contribution in [0.2, 0.25) is 0 Å². The number of benzene rings is 1. The Morgan fingerprint density at radius 3 is 2.94 bits per heavy atom. The first-order valence-corrected chi connectivity index (χ1v) is 5.48. The van der Waals surface area contributed by atoms with Gasteiger partial charge in [0.05, 0.1) is 13.7 Å². The fourth-order valence-corrected chi connectivity index (χ4v) is 1.80. The minimum atomic E-state index is -0.248. The third-order valence-corrected chi connectivity index (χ3v) is 2.65. The van der Waals surface area contributed by atoms with Gasteiger partial charge in [0.2, 0.25) is 0 Å². The number of H-pyrrole nitrogens is 1. The molecule has 1 N–H and O–H groups in total. The largest absolute Gasteiger partial charge is 0.497 e. The molecule has 1 aromatic carbocycles. The lowest BCUT2D eigenvalue weighted by molar-refractivity contribution is -0.140. The van der Waals surface area contributed by atoms with Gasteiger partial charge >= 0.3 is 5.97 Å². The van der Waals surface area contributed by atoms with Crippen LogP contribution in [0, 0.1) is 0 Å². The number of hydrogen-bond acceptors (Lipinski definition) is 3. The highest BCUT2D eigenvalue weighted by Gasteiger charge is 2.05. The molecule has 2 aromatic rings. The molecule has 90 valence electrons. The first-order chi connectivity index (χ1) is 8.20. The smallest absolute Gasteiger partial charge is 0.302 e. The van der Waals surface area contributed by atoms with E-state index in [9.17, 15) is 4.79 Å². The molecule has 0 spiro atoms. The van der Waals surface area contributed by atoms with Crippen molar-refractivity contribution < 1.29 is 14.3 Å². The molecule has 0 aliphatic carbocycles. The summed E-state index contributed by atoms with van der Waals surface area (Å²) < 4.78 is 10.1. The number of methoxy groups -OCH3 is 1. The molecule has 0 atom stereocenters. The number of fused-ring (bicyclic) bond motifs is 1. The lowest BCUT2D eigenvalue weighted by atomic mass is 10.1. The molecule has 0 bridgehead atoms. The molecule has 1 heterocycles. The molecule has 0 saturated carbocycles. The predicted molar refractivity (Wildman–Crippen MR) is 65.2 cm³/mol. The summed E-state index contributed by atoms with van der Waals surface area (Å²) in [6.45, 7) is 1.82. The Balaban J connectivity index is 2.19. The molecule has 0 radical (unpaired) electrons. The van der Waals surface area contributed by atoms with E-state index >= 15 is 0 Å². The summed E-state index contributed by atoms with van der Waals surface area (Å²) in [4.78, 5) is 13.9. The Bertz CT molecular complexity index is 530. The molecule has 0 amide bonds. The number of hydrogen-bond donors (Lipinski definition) is 1. The minimum Gasteiger partial charge on any atom is -0.497 e. The van der Waals surface area contributed by atoms with Gasteiger partial charge in [0, 0.05) is 30.4 Å². The van der Waals surface area contributed by atoms with E-state index in [0.29, 0.717) is 13.0 Å². The van der Waals surface area contributed by atoms with E-state index in [1.165, 1.54) is 6.92 Å². The molecule has 17 heavy (non-hydrogen) atoms. The molecule has 0 fully saturated rings. The Labute approximate surface area is 99.5 Å². The number of rotatable bonds is 4. The lowest BCUT2D eigenvalue weighted by Crippen LogP contribution is -2.02. The van der Waals surface area contributed by atoms with Gasteiger partial charge < -0.3 is 14.5 Å². The summed E-state index contributed by atoms with van der Waals surface area (Å²) in [6.07, 6.45) is 2.64. The summed E-state index contributed by atoms with van der Waals surface area (Å²) in [5.41, 5.74) is 2.18. The minimum absolute atomic E-state index is 0.248. The third-order valence-electron chi connectivity index (χ3n) is 2.65. The van der Waals surface area contributed by atoms with Crippen LogP contribution in [-0.2, 0) is 16.0 Å². The van der Waals surface area contributed by atoms with Crippen LogP contribution in [0.5, 0.6) is 5.75 Å². The number of aromatic nitrogens is 1. The Morgan fingerprint density at radius 2 is 2.24 bits per heavy atom. The maximum atomic E-state index is 10.7. The molecular formula is C13H15NO3. The second kappa shape index (κ2) is 4.91. The average molecular weight is 233 g/mol. The van der Waals surface area contributed by atoms with Gasteiger partial charge in [-0.3, -0.25) is 4.79 Å². The maximum Gasteiger partial charge on any atom is 0.302 e. The Kier molecular flexibility index (Phi) is 3.32. The highest BCUT2D eigenvalue weighted by Crippen LogP contribution is 2.23. The second-order valence-electron chi connectivity index (χ2n) is 3.82. The van der Waals surface area contributed by atoms with E-state index in [1.54, 1.807) is 7.11 Å². The Hall–Kier alpha value is -1.97. The molecule has 2 rings (SSSR count). The van der Waals surface area contributed by atoms with Crippen LogP contribution in [0.1, 0.15) is 12.5 Å². The molecule has 0 aliphatic heterocycles. The van der Waals surface area contributed by atoms with Gasteiger partial charge in [-0.25, -0.2) is 0 Å². The van der Waals surface area contributed by atoms with Crippen molar-refractivity contribution in [2.75, 3.05) is 13.7 Å². The number of aromatic amines is 1. The number of ether oxygens (including phenoxy) is 2. The van der Waals surface area contributed by atoms with Crippen molar-refractivity contribution in [2.45, 2.75) is 13.3 Å². The fraction of sp³-hybridized carbons (Fsp3) is 0.308. The van der Waals surface area contributed by atoms with Crippen LogP contribution in [0.4, 0.5) is 0 Å². The first kappa shape index (κ1) is 11.5. The highest BCUT2D eigenvalue weighted by atomic mass is 16.5. The summed E-state index contributed by atoms with van der Waals surface area (Å²) in [5, 5.41) is 1.11. The molecule has 0 saturated heterocycles. The van der Waals surface area contributed by atoms with Gasteiger partial charge in [0.15, 0.2) is 0 Å². The summed E-state index contributed by atoms with van der Waals surface area (Å²) in [5.74, 6) is 0.577. The van der Waals surface area contributed by atoms with Crippen molar-refractivity contribution >= 4 is 16.9 Å². The van der Waals surface area contributed by atoms with Gasteiger partial charge in [0.1, 0.15) is 5.75 Å². The number of nitrogens with one attached hydrogen (secondary N) is 1. The number of carbonyl (C=O) groups excluding carboxylic acids is 1.